The first kappa shape index (κ1) is 17.7. The number of oxazole rings is 1. The third kappa shape index (κ3) is 3.58. The van der Waals surface area contributed by atoms with Crippen molar-refractivity contribution in [3.63, 3.8) is 0 Å². The van der Waals surface area contributed by atoms with Gasteiger partial charge in [0.2, 0.25) is 5.89 Å². The van der Waals surface area contributed by atoms with Gasteiger partial charge in [0.05, 0.1) is 6.61 Å². The van der Waals surface area contributed by atoms with Crippen molar-refractivity contribution >= 4 is 5.97 Å². The number of esters is 1. The van der Waals surface area contributed by atoms with E-state index in [1.54, 1.807) is 6.92 Å². The summed E-state index contributed by atoms with van der Waals surface area (Å²) in [7, 11) is 0. The number of nitrogens with zero attached hydrogens (tertiary/aromatic N) is 1. The summed E-state index contributed by atoms with van der Waals surface area (Å²) < 4.78 is 11.1. The highest BCUT2D eigenvalue weighted by Crippen LogP contribution is 2.31. The molecule has 4 heteroatoms. The zero-order chi connectivity index (χ0) is 19.3. The second-order valence-corrected chi connectivity index (χ2v) is 6.23. The van der Waals surface area contributed by atoms with Crippen molar-refractivity contribution in [2.24, 2.45) is 0 Å². The van der Waals surface area contributed by atoms with Crippen molar-refractivity contribution in [2.75, 3.05) is 6.61 Å². The van der Waals surface area contributed by atoms with Crippen LogP contribution in [0.5, 0.6) is 0 Å². The molecule has 4 aromatic rings. The lowest BCUT2D eigenvalue weighted by atomic mass is 10.0. The van der Waals surface area contributed by atoms with Crippen LogP contribution < -0.4 is 0 Å². The highest BCUT2D eigenvalue weighted by Gasteiger charge is 2.23. The van der Waals surface area contributed by atoms with E-state index in [1.165, 1.54) is 0 Å². The van der Waals surface area contributed by atoms with Gasteiger partial charge in [0.25, 0.3) is 0 Å². The molecule has 3 aromatic carbocycles. The van der Waals surface area contributed by atoms with E-state index in [9.17, 15) is 4.79 Å². The van der Waals surface area contributed by atoms with E-state index in [0.717, 1.165) is 22.3 Å². The number of ether oxygens (including phenoxy) is 1. The van der Waals surface area contributed by atoms with Crippen LogP contribution in [0.4, 0.5) is 0 Å². The molecule has 0 atom stereocenters. The van der Waals surface area contributed by atoms with Crippen LogP contribution in [0.25, 0.3) is 33.9 Å². The quantitative estimate of drug-likeness (QED) is 0.414. The van der Waals surface area contributed by atoms with E-state index in [2.05, 4.69) is 17.1 Å². The summed E-state index contributed by atoms with van der Waals surface area (Å²) in [6.07, 6.45) is 0. The van der Waals surface area contributed by atoms with E-state index in [4.69, 9.17) is 9.15 Å². The molecule has 0 bridgehead atoms. The molecule has 4 nitrogen and oxygen atoms in total. The lowest BCUT2D eigenvalue weighted by molar-refractivity contribution is 0.0520. The normalized spacial score (nSPS) is 10.6. The first-order chi connectivity index (χ1) is 13.8. The first-order valence-corrected chi connectivity index (χ1v) is 9.15. The molecule has 138 valence electrons. The van der Waals surface area contributed by atoms with E-state index in [1.807, 2.05) is 72.8 Å². The Bertz CT molecular complexity index is 1070. The fourth-order valence-corrected chi connectivity index (χ4v) is 3.00. The molecular weight excluding hydrogens is 350 g/mol. The summed E-state index contributed by atoms with van der Waals surface area (Å²) >= 11 is 0. The largest absolute Gasteiger partial charge is 0.461 e. The molecule has 0 fully saturated rings. The second-order valence-electron chi connectivity index (χ2n) is 6.23. The zero-order valence-corrected chi connectivity index (χ0v) is 15.5. The van der Waals surface area contributed by atoms with Crippen LogP contribution in [-0.4, -0.2) is 17.6 Å². The summed E-state index contributed by atoms with van der Waals surface area (Å²) in [6, 6.07) is 27.5. The minimum Gasteiger partial charge on any atom is -0.461 e. The Balaban J connectivity index is 1.73. The van der Waals surface area contributed by atoms with E-state index in [-0.39, 0.29) is 12.3 Å². The number of carbonyl (C=O) groups is 1. The topological polar surface area (TPSA) is 52.3 Å². The molecule has 0 amide bonds. The van der Waals surface area contributed by atoms with Crippen molar-refractivity contribution in [3.8, 4) is 33.9 Å². The molecule has 0 aliphatic carbocycles. The van der Waals surface area contributed by atoms with E-state index in [0.29, 0.717) is 11.7 Å². The zero-order valence-electron chi connectivity index (χ0n) is 15.5. The molecule has 4 rings (SSSR count). The molecule has 0 N–H and O–H groups in total. The van der Waals surface area contributed by atoms with Crippen molar-refractivity contribution in [1.82, 2.24) is 4.98 Å². The minimum atomic E-state index is -0.489. The lowest BCUT2D eigenvalue weighted by Crippen LogP contribution is -2.06. The van der Waals surface area contributed by atoms with E-state index >= 15 is 0 Å². The standard InChI is InChI=1S/C24H19NO3/c1-2-27-24(26)21-22(19-11-7-4-8-12-19)28-23(25-21)20-15-13-18(14-16-20)17-9-5-3-6-10-17/h3-16H,2H2,1H3. The molecule has 1 heterocycles. The smallest absolute Gasteiger partial charge is 0.361 e. The number of rotatable bonds is 5. The highest BCUT2D eigenvalue weighted by atomic mass is 16.5. The van der Waals surface area contributed by atoms with Crippen LogP contribution in [0.1, 0.15) is 17.4 Å². The van der Waals surface area contributed by atoms with Gasteiger partial charge in [-0.2, -0.15) is 0 Å². The van der Waals surface area contributed by atoms with Gasteiger partial charge >= 0.3 is 5.97 Å². The number of hydrogen-bond acceptors (Lipinski definition) is 4. The Labute approximate surface area is 163 Å². The summed E-state index contributed by atoms with van der Waals surface area (Å²) in [5, 5.41) is 0. The molecule has 0 aliphatic rings. The predicted molar refractivity (Wildman–Crippen MR) is 109 cm³/mol. The maximum Gasteiger partial charge on any atom is 0.361 e. The van der Waals surface area contributed by atoms with Crippen molar-refractivity contribution in [3.05, 3.63) is 90.6 Å². The van der Waals surface area contributed by atoms with Crippen LogP contribution in [0.3, 0.4) is 0 Å². The van der Waals surface area contributed by atoms with Crippen LogP contribution in [0.2, 0.25) is 0 Å². The number of hydrogen-bond donors (Lipinski definition) is 0. The number of aromatic nitrogens is 1. The maximum atomic E-state index is 12.4. The van der Waals surface area contributed by atoms with Gasteiger partial charge in [-0.15, -0.1) is 0 Å². The Morgan fingerprint density at radius 2 is 1.32 bits per heavy atom. The molecule has 0 spiro atoms. The van der Waals surface area contributed by atoms with Crippen molar-refractivity contribution < 1.29 is 13.9 Å². The Hall–Kier alpha value is -3.66. The molecule has 1 aromatic heterocycles. The summed E-state index contributed by atoms with van der Waals surface area (Å²) in [4.78, 5) is 16.8. The molecule has 0 radical (unpaired) electrons. The van der Waals surface area contributed by atoms with Crippen LogP contribution in [0.15, 0.2) is 89.3 Å². The summed E-state index contributed by atoms with van der Waals surface area (Å²) in [5.74, 6) is 0.319. The Morgan fingerprint density at radius 1 is 0.786 bits per heavy atom. The van der Waals surface area contributed by atoms with Gasteiger partial charge in [-0.05, 0) is 30.2 Å². The Kier molecular flexibility index (Phi) is 5.02. The summed E-state index contributed by atoms with van der Waals surface area (Å²) in [6.45, 7) is 2.05. The van der Waals surface area contributed by atoms with Gasteiger partial charge in [0.1, 0.15) is 0 Å². The molecule has 0 aliphatic heterocycles. The van der Waals surface area contributed by atoms with Crippen LogP contribution in [0, 0.1) is 0 Å². The maximum absolute atomic E-state index is 12.4. The number of carbonyl (C=O) groups excluding carboxylic acids is 1. The lowest BCUT2D eigenvalue weighted by Gasteiger charge is -2.02. The molecule has 0 saturated heterocycles. The summed E-state index contributed by atoms with van der Waals surface area (Å²) in [5.41, 5.74) is 4.01. The third-order valence-electron chi connectivity index (χ3n) is 4.37. The average molecular weight is 369 g/mol. The molecule has 0 saturated carbocycles. The van der Waals surface area contributed by atoms with Gasteiger partial charge < -0.3 is 9.15 Å². The molecule has 0 unspecified atom stereocenters. The SMILES string of the molecule is CCOC(=O)c1nc(-c2ccc(-c3ccccc3)cc2)oc1-c1ccccc1. The van der Waals surface area contributed by atoms with Gasteiger partial charge in [-0.3, -0.25) is 0 Å². The van der Waals surface area contributed by atoms with Gasteiger partial charge in [-0.25, -0.2) is 9.78 Å². The predicted octanol–water partition coefficient (Wildman–Crippen LogP) is 5.85. The van der Waals surface area contributed by atoms with Crippen molar-refractivity contribution in [1.29, 1.82) is 0 Å². The molecule has 28 heavy (non-hydrogen) atoms. The van der Waals surface area contributed by atoms with Crippen LogP contribution >= 0.6 is 0 Å². The van der Waals surface area contributed by atoms with Gasteiger partial charge in [-0.1, -0.05) is 72.8 Å². The fraction of sp³-hybridized carbons (Fsp3) is 0.0833. The molecular formula is C24H19NO3. The van der Waals surface area contributed by atoms with Gasteiger partial charge in [0.15, 0.2) is 11.5 Å². The number of benzene rings is 3. The third-order valence-corrected chi connectivity index (χ3v) is 4.37. The fourth-order valence-electron chi connectivity index (χ4n) is 3.00. The van der Waals surface area contributed by atoms with Crippen LogP contribution in [-0.2, 0) is 4.74 Å². The monoisotopic (exact) mass is 369 g/mol. The first-order valence-electron chi connectivity index (χ1n) is 9.15. The Morgan fingerprint density at radius 3 is 1.93 bits per heavy atom. The highest BCUT2D eigenvalue weighted by molar-refractivity contribution is 5.94. The van der Waals surface area contributed by atoms with Gasteiger partial charge in [0, 0.05) is 11.1 Å². The van der Waals surface area contributed by atoms with Crippen molar-refractivity contribution in [2.45, 2.75) is 6.92 Å². The second kappa shape index (κ2) is 7.92. The average Bonchev–Trinajstić information content (AvgIpc) is 3.21. The minimum absolute atomic E-state index is 0.190. The van der Waals surface area contributed by atoms with E-state index < -0.39 is 5.97 Å².